The molecule has 27 heavy (non-hydrogen) atoms. The first-order chi connectivity index (χ1) is 12.9. The van der Waals surface area contributed by atoms with Crippen molar-refractivity contribution in [1.29, 1.82) is 0 Å². The molecule has 0 atom stereocenters. The van der Waals surface area contributed by atoms with Crippen LogP contribution in [0.5, 0.6) is 5.75 Å². The van der Waals surface area contributed by atoms with Crippen LogP contribution in [0.4, 0.5) is 16.8 Å². The van der Waals surface area contributed by atoms with Crippen molar-refractivity contribution in [3.05, 3.63) is 51.8 Å². The number of amides is 1. The van der Waals surface area contributed by atoms with E-state index in [1.54, 1.807) is 44.4 Å². The maximum absolute atomic E-state index is 12.8. The number of hydrogen-bond donors (Lipinski definition) is 2. The fourth-order valence-electron chi connectivity index (χ4n) is 2.66. The molecular weight excluding hydrogens is 362 g/mol. The number of anilines is 3. The van der Waals surface area contributed by atoms with Crippen LogP contribution in [0.15, 0.2) is 24.3 Å². The van der Waals surface area contributed by atoms with Crippen molar-refractivity contribution in [2.45, 2.75) is 27.7 Å². The van der Waals surface area contributed by atoms with E-state index in [-0.39, 0.29) is 5.91 Å². The first-order valence-corrected chi connectivity index (χ1v) is 9.21. The third-order valence-corrected chi connectivity index (χ3v) is 5.09. The number of carbonyl (C=O) groups is 1. The monoisotopic (exact) mass is 383 g/mol. The van der Waals surface area contributed by atoms with Gasteiger partial charge in [-0.2, -0.15) is 0 Å². The van der Waals surface area contributed by atoms with E-state index in [0.717, 1.165) is 15.7 Å². The Labute approximate surface area is 161 Å². The average Bonchev–Trinajstić information content (AvgIpc) is 2.92. The molecule has 0 radical (unpaired) electrons. The zero-order valence-electron chi connectivity index (χ0n) is 15.9. The van der Waals surface area contributed by atoms with Crippen LogP contribution in [0.25, 0.3) is 0 Å². The van der Waals surface area contributed by atoms with E-state index in [2.05, 4.69) is 25.6 Å². The van der Waals surface area contributed by atoms with Crippen molar-refractivity contribution in [2.75, 3.05) is 17.7 Å². The summed E-state index contributed by atoms with van der Waals surface area (Å²) in [4.78, 5) is 27.2. The molecule has 2 heterocycles. The van der Waals surface area contributed by atoms with E-state index in [1.807, 2.05) is 26.0 Å². The summed E-state index contributed by atoms with van der Waals surface area (Å²) < 4.78 is 5.28. The summed E-state index contributed by atoms with van der Waals surface area (Å²) in [7, 11) is 1.56. The molecule has 2 N–H and O–H groups in total. The molecule has 0 spiro atoms. The van der Waals surface area contributed by atoms with E-state index < -0.39 is 0 Å². The number of nitrogens with zero attached hydrogens (tertiary/aromatic N) is 3. The van der Waals surface area contributed by atoms with Crippen LogP contribution in [0.3, 0.4) is 0 Å². The largest absolute Gasteiger partial charge is 0.495 e. The minimum absolute atomic E-state index is 0.276. The number of methoxy groups -OCH3 is 1. The number of benzene rings is 1. The lowest BCUT2D eigenvalue weighted by Crippen LogP contribution is -2.18. The lowest BCUT2D eigenvalue weighted by Gasteiger charge is -2.13. The lowest BCUT2D eigenvalue weighted by atomic mass is 10.1. The second kappa shape index (κ2) is 7.71. The van der Waals surface area contributed by atoms with Crippen molar-refractivity contribution in [3.8, 4) is 5.75 Å². The average molecular weight is 383 g/mol. The molecule has 0 saturated heterocycles. The van der Waals surface area contributed by atoms with Crippen LogP contribution < -0.4 is 15.4 Å². The topological polar surface area (TPSA) is 89.0 Å². The first kappa shape index (κ1) is 18.8. The highest BCUT2D eigenvalue weighted by Gasteiger charge is 2.18. The Kier molecular flexibility index (Phi) is 5.36. The molecule has 0 fully saturated rings. The molecule has 0 bridgehead atoms. The molecular formula is C19H21N5O2S. The highest BCUT2D eigenvalue weighted by Crippen LogP contribution is 2.26. The molecule has 0 saturated carbocycles. The van der Waals surface area contributed by atoms with Gasteiger partial charge in [-0.3, -0.25) is 4.79 Å². The quantitative estimate of drug-likeness (QED) is 0.687. The van der Waals surface area contributed by atoms with E-state index in [1.165, 1.54) is 0 Å². The summed E-state index contributed by atoms with van der Waals surface area (Å²) in [6, 6.07) is 7.25. The summed E-state index contributed by atoms with van der Waals surface area (Å²) in [5.74, 6) is 0.740. The predicted molar refractivity (Wildman–Crippen MR) is 107 cm³/mol. The molecule has 0 aliphatic rings. The Morgan fingerprint density at radius 1 is 1.00 bits per heavy atom. The maximum Gasteiger partial charge on any atom is 0.259 e. The standard InChI is InChI=1S/C19H21N5O2S/c1-10-13(4)27-19(22-10)24-18-20-11(2)16(12(3)21-18)17(25)23-14-8-6-7-9-15(14)26-5/h6-9H,1-5H3,(H,23,25)(H,20,21,22,24). The molecule has 0 aliphatic heterocycles. The molecule has 1 amide bonds. The van der Waals surface area contributed by atoms with Crippen molar-refractivity contribution >= 4 is 34.0 Å². The van der Waals surface area contributed by atoms with Crippen LogP contribution in [-0.2, 0) is 0 Å². The second-order valence-electron chi connectivity index (χ2n) is 6.03. The fraction of sp³-hybridized carbons (Fsp3) is 0.263. The third kappa shape index (κ3) is 4.06. The molecule has 0 aliphatic carbocycles. The third-order valence-electron chi connectivity index (χ3n) is 4.10. The van der Waals surface area contributed by atoms with E-state index in [0.29, 0.717) is 34.3 Å². The number of para-hydroxylation sites is 2. The Bertz CT molecular complexity index is 957. The zero-order valence-corrected chi connectivity index (χ0v) is 16.7. The van der Waals surface area contributed by atoms with Gasteiger partial charge in [0.1, 0.15) is 5.75 Å². The maximum atomic E-state index is 12.8. The van der Waals surface area contributed by atoms with E-state index >= 15 is 0 Å². The number of hydrogen-bond acceptors (Lipinski definition) is 7. The number of ether oxygens (including phenoxy) is 1. The summed E-state index contributed by atoms with van der Waals surface area (Å²) in [5, 5.41) is 6.71. The summed E-state index contributed by atoms with van der Waals surface area (Å²) in [6.07, 6.45) is 0. The molecule has 1 aromatic carbocycles. The number of aromatic nitrogens is 3. The minimum atomic E-state index is -0.276. The Hall–Kier alpha value is -3.00. The summed E-state index contributed by atoms with van der Waals surface area (Å²) in [6.45, 7) is 7.55. The second-order valence-corrected chi connectivity index (χ2v) is 7.24. The Morgan fingerprint density at radius 2 is 1.67 bits per heavy atom. The van der Waals surface area contributed by atoms with Gasteiger partial charge >= 0.3 is 0 Å². The smallest absolute Gasteiger partial charge is 0.259 e. The lowest BCUT2D eigenvalue weighted by molar-refractivity contribution is 0.102. The van der Waals surface area contributed by atoms with Crippen LogP contribution in [0.2, 0.25) is 0 Å². The number of thiazole rings is 1. The van der Waals surface area contributed by atoms with Gasteiger partial charge in [0.15, 0.2) is 5.13 Å². The number of aryl methyl sites for hydroxylation is 4. The minimum Gasteiger partial charge on any atom is -0.495 e. The van der Waals surface area contributed by atoms with E-state index in [4.69, 9.17) is 4.74 Å². The van der Waals surface area contributed by atoms with Crippen molar-refractivity contribution in [3.63, 3.8) is 0 Å². The van der Waals surface area contributed by atoms with Gasteiger partial charge in [0, 0.05) is 4.88 Å². The van der Waals surface area contributed by atoms with Crippen LogP contribution in [0.1, 0.15) is 32.3 Å². The van der Waals surface area contributed by atoms with Crippen molar-refractivity contribution in [2.24, 2.45) is 0 Å². The van der Waals surface area contributed by atoms with Crippen LogP contribution in [-0.4, -0.2) is 28.0 Å². The van der Waals surface area contributed by atoms with Gasteiger partial charge < -0.3 is 15.4 Å². The van der Waals surface area contributed by atoms with Gasteiger partial charge in [-0.15, -0.1) is 11.3 Å². The van der Waals surface area contributed by atoms with Gasteiger partial charge in [-0.25, -0.2) is 15.0 Å². The van der Waals surface area contributed by atoms with Gasteiger partial charge in [0.25, 0.3) is 5.91 Å². The number of carbonyl (C=O) groups excluding carboxylic acids is 1. The Morgan fingerprint density at radius 3 is 2.26 bits per heavy atom. The molecule has 2 aromatic heterocycles. The van der Waals surface area contributed by atoms with E-state index in [9.17, 15) is 4.79 Å². The SMILES string of the molecule is COc1ccccc1NC(=O)c1c(C)nc(Nc2nc(C)c(C)s2)nc1C. The number of rotatable bonds is 5. The van der Waals surface area contributed by atoms with Gasteiger partial charge in [0.05, 0.1) is 35.4 Å². The predicted octanol–water partition coefficient (Wildman–Crippen LogP) is 4.17. The molecule has 7 nitrogen and oxygen atoms in total. The summed E-state index contributed by atoms with van der Waals surface area (Å²) in [5.41, 5.74) is 3.19. The highest BCUT2D eigenvalue weighted by molar-refractivity contribution is 7.15. The molecule has 8 heteroatoms. The Balaban J connectivity index is 1.85. The fourth-order valence-corrected chi connectivity index (χ4v) is 3.46. The van der Waals surface area contributed by atoms with Crippen LogP contribution in [0, 0.1) is 27.7 Å². The van der Waals surface area contributed by atoms with Gasteiger partial charge in [-0.05, 0) is 39.8 Å². The number of nitrogens with one attached hydrogen (secondary N) is 2. The molecule has 3 aromatic rings. The van der Waals surface area contributed by atoms with Gasteiger partial charge in [0.2, 0.25) is 5.95 Å². The molecule has 0 unspecified atom stereocenters. The molecule has 140 valence electrons. The first-order valence-electron chi connectivity index (χ1n) is 8.39. The summed E-state index contributed by atoms with van der Waals surface area (Å²) >= 11 is 1.54. The van der Waals surface area contributed by atoms with Crippen molar-refractivity contribution in [1.82, 2.24) is 15.0 Å². The molecule has 3 rings (SSSR count). The normalized spacial score (nSPS) is 10.6. The zero-order chi connectivity index (χ0) is 19.6. The highest BCUT2D eigenvalue weighted by atomic mass is 32.1. The van der Waals surface area contributed by atoms with Gasteiger partial charge in [-0.1, -0.05) is 12.1 Å². The van der Waals surface area contributed by atoms with Crippen LogP contribution >= 0.6 is 11.3 Å². The van der Waals surface area contributed by atoms with Crippen molar-refractivity contribution < 1.29 is 9.53 Å².